The number of nitrogens with two attached hydrogens (primary N) is 2. The molecule has 0 saturated carbocycles. The van der Waals surface area contributed by atoms with E-state index in [0.29, 0.717) is 24.2 Å². The van der Waals surface area contributed by atoms with Gasteiger partial charge in [-0.1, -0.05) is 24.4 Å². The van der Waals surface area contributed by atoms with E-state index in [1.54, 1.807) is 12.1 Å². The minimum Gasteiger partial charge on any atom is -0.397 e. The van der Waals surface area contributed by atoms with E-state index in [-0.39, 0.29) is 18.9 Å². The van der Waals surface area contributed by atoms with Crippen LogP contribution < -0.4 is 16.6 Å². The number of hydrazine groups is 1. The van der Waals surface area contributed by atoms with Crippen LogP contribution in [0.4, 0.5) is 11.4 Å². The number of rotatable bonds is 5. The van der Waals surface area contributed by atoms with Crippen molar-refractivity contribution in [2.45, 2.75) is 25.2 Å². The average molecular weight is 319 g/mol. The first kappa shape index (κ1) is 15.6. The number of hydrogen-bond donors (Lipinski definition) is 4. The van der Waals surface area contributed by atoms with Gasteiger partial charge in [0.2, 0.25) is 0 Å². The molecule has 1 heterocycles. The van der Waals surface area contributed by atoms with Crippen LogP contribution in [-0.2, 0) is 13.8 Å². The second kappa shape index (κ2) is 6.34. The fraction of sp³-hybridized carbons (Fsp3) is 0.455. The van der Waals surface area contributed by atoms with E-state index in [4.69, 9.17) is 25.7 Å². The molecule has 0 spiro atoms. The molecule has 3 atom stereocenters. The van der Waals surface area contributed by atoms with Crippen LogP contribution in [-0.4, -0.2) is 23.8 Å². The van der Waals surface area contributed by atoms with E-state index in [1.165, 1.54) is 5.01 Å². The lowest BCUT2D eigenvalue weighted by atomic mass is 10.2. The standard InChI is InChI=1S/C11H18N3O4PS/c12-9-3-1-2-4-10(9)14(13)11-6-5-8(18-11)7-17-19(15,16)20/h1-4,8,11H,5-7,12-13H2,(H2,15,16,20)/t8-,11+/m0/s1. The number of nitrogen functional groups attached to an aromatic ring is 1. The predicted octanol–water partition coefficient (Wildman–Crippen LogP) is 1.50. The first-order chi connectivity index (χ1) is 9.37. The van der Waals surface area contributed by atoms with E-state index >= 15 is 0 Å². The zero-order valence-corrected chi connectivity index (χ0v) is 12.5. The molecule has 1 fully saturated rings. The molecule has 1 aromatic rings. The van der Waals surface area contributed by atoms with Gasteiger partial charge in [0.25, 0.3) is 0 Å². The number of nitrogens with zero attached hydrogens (tertiary/aromatic N) is 1. The Balaban J connectivity index is 1.92. The number of thiol groups is 1. The van der Waals surface area contributed by atoms with E-state index < -0.39 is 6.80 Å². The van der Waals surface area contributed by atoms with Gasteiger partial charge in [-0.3, -0.25) is 9.53 Å². The maximum Gasteiger partial charge on any atom is 0.383 e. The molecule has 20 heavy (non-hydrogen) atoms. The van der Waals surface area contributed by atoms with Crippen LogP contribution in [0.1, 0.15) is 12.8 Å². The Kier molecular flexibility index (Phi) is 4.95. The molecule has 112 valence electrons. The highest BCUT2D eigenvalue weighted by Gasteiger charge is 2.31. The number of para-hydroxylation sites is 2. The smallest absolute Gasteiger partial charge is 0.383 e. The third kappa shape index (κ3) is 4.12. The summed E-state index contributed by atoms with van der Waals surface area (Å²) in [6, 6.07) is 7.22. The van der Waals surface area contributed by atoms with Crippen molar-refractivity contribution >= 4 is 30.4 Å². The summed E-state index contributed by atoms with van der Waals surface area (Å²) < 4.78 is 21.4. The fourth-order valence-electron chi connectivity index (χ4n) is 2.07. The highest BCUT2D eigenvalue weighted by molar-refractivity contribution is 8.44. The normalized spacial score (nSPS) is 25.4. The van der Waals surface area contributed by atoms with E-state index in [2.05, 4.69) is 12.2 Å². The highest BCUT2D eigenvalue weighted by Crippen LogP contribution is 2.47. The second-order valence-corrected chi connectivity index (χ2v) is 7.30. The summed E-state index contributed by atoms with van der Waals surface area (Å²) in [5, 5.41) is 1.47. The maximum atomic E-state index is 10.9. The lowest BCUT2D eigenvalue weighted by Gasteiger charge is -2.27. The molecular formula is C11H18N3O4PS. The van der Waals surface area contributed by atoms with Crippen LogP contribution in [0.2, 0.25) is 0 Å². The van der Waals surface area contributed by atoms with Crippen molar-refractivity contribution in [3.8, 4) is 0 Å². The molecule has 5 N–H and O–H groups in total. The molecule has 0 aliphatic carbocycles. The number of hydrogen-bond acceptors (Lipinski definition) is 6. The third-order valence-corrected chi connectivity index (χ3v) is 3.87. The van der Waals surface area contributed by atoms with E-state index in [9.17, 15) is 4.57 Å². The van der Waals surface area contributed by atoms with Crippen LogP contribution in [0.15, 0.2) is 24.3 Å². The molecule has 1 saturated heterocycles. The second-order valence-electron chi connectivity index (χ2n) is 4.54. The molecule has 7 nitrogen and oxygen atoms in total. The van der Waals surface area contributed by atoms with Crippen molar-refractivity contribution < 1.29 is 18.7 Å². The lowest BCUT2D eigenvalue weighted by molar-refractivity contribution is 0.0156. The van der Waals surface area contributed by atoms with Crippen molar-refractivity contribution in [2.24, 2.45) is 5.84 Å². The van der Waals surface area contributed by atoms with Crippen molar-refractivity contribution in [3.63, 3.8) is 0 Å². The molecule has 0 bridgehead atoms. The molecule has 1 aliphatic heterocycles. The summed E-state index contributed by atoms with van der Waals surface area (Å²) in [7, 11) is 0. The summed E-state index contributed by atoms with van der Waals surface area (Å²) in [6.45, 7) is -3.77. The number of anilines is 2. The van der Waals surface area contributed by atoms with Crippen LogP contribution in [0.25, 0.3) is 0 Å². The first-order valence-electron chi connectivity index (χ1n) is 6.11. The molecule has 1 aromatic carbocycles. The minimum atomic E-state index is -3.78. The third-order valence-electron chi connectivity index (χ3n) is 3.04. The molecule has 2 rings (SSSR count). The topological polar surface area (TPSA) is 111 Å². The molecule has 0 amide bonds. The van der Waals surface area contributed by atoms with Crippen molar-refractivity contribution in [3.05, 3.63) is 24.3 Å². The Labute approximate surface area is 122 Å². The Hall–Kier alpha value is -0.760. The Bertz CT molecular complexity index is 512. The predicted molar refractivity (Wildman–Crippen MR) is 80.2 cm³/mol. The van der Waals surface area contributed by atoms with Gasteiger partial charge in [-0.25, -0.2) is 10.4 Å². The van der Waals surface area contributed by atoms with Crippen LogP contribution >= 0.6 is 19.0 Å². The van der Waals surface area contributed by atoms with Gasteiger partial charge in [0, 0.05) is 0 Å². The summed E-state index contributed by atoms with van der Waals surface area (Å²) in [4.78, 5) is 8.96. The van der Waals surface area contributed by atoms with Crippen molar-refractivity contribution in [1.29, 1.82) is 0 Å². The van der Waals surface area contributed by atoms with Gasteiger partial charge in [0.1, 0.15) is 6.23 Å². The summed E-state index contributed by atoms with van der Waals surface area (Å²) in [5.74, 6) is 6.01. The lowest BCUT2D eigenvalue weighted by Crippen LogP contribution is -2.42. The Morgan fingerprint density at radius 1 is 1.50 bits per heavy atom. The molecule has 1 unspecified atom stereocenters. The minimum absolute atomic E-state index is 0.00584. The van der Waals surface area contributed by atoms with E-state index in [0.717, 1.165) is 0 Å². The Morgan fingerprint density at radius 3 is 2.85 bits per heavy atom. The zero-order chi connectivity index (χ0) is 14.8. The van der Waals surface area contributed by atoms with Gasteiger partial charge in [0.05, 0.1) is 24.1 Å². The SMILES string of the molecule is Nc1ccccc1N(N)[C@H]1CC[C@@H](COP(=O)(O)S)O1. The molecule has 1 aliphatic rings. The molecule has 9 heteroatoms. The van der Waals surface area contributed by atoms with Gasteiger partial charge in [0.15, 0.2) is 0 Å². The number of ether oxygens (including phenoxy) is 1. The van der Waals surface area contributed by atoms with Crippen molar-refractivity contribution in [1.82, 2.24) is 0 Å². The molecule has 0 aromatic heterocycles. The van der Waals surface area contributed by atoms with Crippen molar-refractivity contribution in [2.75, 3.05) is 17.3 Å². The fourth-order valence-corrected chi connectivity index (χ4v) is 2.63. The first-order valence-corrected chi connectivity index (χ1v) is 8.84. The summed E-state index contributed by atoms with van der Waals surface area (Å²) in [5.41, 5.74) is 7.10. The summed E-state index contributed by atoms with van der Waals surface area (Å²) >= 11 is 3.44. The quantitative estimate of drug-likeness (QED) is 0.214. The van der Waals surface area contributed by atoms with Crippen LogP contribution in [0.3, 0.4) is 0 Å². The summed E-state index contributed by atoms with van der Waals surface area (Å²) in [6.07, 6.45) is 0.731. The average Bonchev–Trinajstić information content (AvgIpc) is 2.84. The Morgan fingerprint density at radius 2 is 2.20 bits per heavy atom. The van der Waals surface area contributed by atoms with E-state index in [1.807, 2.05) is 12.1 Å². The molecule has 0 radical (unpaired) electrons. The number of benzene rings is 1. The van der Waals surface area contributed by atoms with Gasteiger partial charge >= 0.3 is 6.80 Å². The van der Waals surface area contributed by atoms with Crippen LogP contribution in [0.5, 0.6) is 0 Å². The van der Waals surface area contributed by atoms with Crippen LogP contribution in [0, 0.1) is 0 Å². The molecular weight excluding hydrogens is 301 g/mol. The van der Waals surface area contributed by atoms with Gasteiger partial charge in [-0.15, -0.1) is 0 Å². The zero-order valence-electron chi connectivity index (χ0n) is 10.8. The highest BCUT2D eigenvalue weighted by atomic mass is 32.7. The van der Waals surface area contributed by atoms with Gasteiger partial charge in [-0.05, 0) is 25.0 Å². The van der Waals surface area contributed by atoms with Gasteiger partial charge < -0.3 is 15.4 Å². The monoisotopic (exact) mass is 319 g/mol. The maximum absolute atomic E-state index is 10.9. The van der Waals surface area contributed by atoms with Gasteiger partial charge in [-0.2, -0.15) is 0 Å². The largest absolute Gasteiger partial charge is 0.397 e.